The molecule has 1 aromatic heterocycles. The number of hydrogen-bond acceptors (Lipinski definition) is 4. The van der Waals surface area contributed by atoms with Crippen LogP contribution in [0.2, 0.25) is 0 Å². The third-order valence-corrected chi connectivity index (χ3v) is 5.41. The Morgan fingerprint density at radius 1 is 1.16 bits per heavy atom. The van der Waals surface area contributed by atoms with Crippen molar-refractivity contribution in [2.24, 2.45) is 0 Å². The highest BCUT2D eigenvalue weighted by molar-refractivity contribution is 7.98. The number of thioether (sulfide) groups is 1. The van der Waals surface area contributed by atoms with Crippen molar-refractivity contribution in [3.63, 3.8) is 0 Å². The van der Waals surface area contributed by atoms with Crippen molar-refractivity contribution in [1.82, 2.24) is 4.98 Å². The quantitative estimate of drug-likeness (QED) is 0.570. The summed E-state index contributed by atoms with van der Waals surface area (Å²) in [6.45, 7) is 2.07. The van der Waals surface area contributed by atoms with Crippen molar-refractivity contribution in [3.8, 4) is 0 Å². The van der Waals surface area contributed by atoms with E-state index < -0.39 is 0 Å². The van der Waals surface area contributed by atoms with Crippen LogP contribution in [0.1, 0.15) is 10.6 Å². The highest BCUT2D eigenvalue weighted by atomic mass is 32.2. The van der Waals surface area contributed by atoms with E-state index in [4.69, 9.17) is 5.73 Å². The summed E-state index contributed by atoms with van der Waals surface area (Å²) in [5.41, 5.74) is 9.03. The van der Waals surface area contributed by atoms with Gasteiger partial charge in [0.25, 0.3) is 0 Å². The van der Waals surface area contributed by atoms with Gasteiger partial charge in [0.05, 0.1) is 16.0 Å². The predicted molar refractivity (Wildman–Crippen MR) is 84.8 cm³/mol. The number of rotatable bonds is 3. The number of thiazole rings is 1. The topological polar surface area (TPSA) is 38.9 Å². The number of fused-ring (bicyclic) bond motifs is 1. The highest BCUT2D eigenvalue weighted by Crippen LogP contribution is 2.31. The molecule has 0 radical (unpaired) electrons. The Bertz CT molecular complexity index is 686. The van der Waals surface area contributed by atoms with Gasteiger partial charge < -0.3 is 5.73 Å². The molecule has 0 aliphatic rings. The summed E-state index contributed by atoms with van der Waals surface area (Å²) in [6.07, 6.45) is 0. The molecule has 19 heavy (non-hydrogen) atoms. The molecule has 0 atom stereocenters. The van der Waals surface area contributed by atoms with E-state index in [-0.39, 0.29) is 0 Å². The second kappa shape index (κ2) is 5.23. The van der Waals surface area contributed by atoms with Gasteiger partial charge in [-0.15, -0.1) is 23.1 Å². The van der Waals surface area contributed by atoms with E-state index in [1.165, 1.54) is 9.60 Å². The predicted octanol–water partition coefficient (Wildman–Crippen LogP) is 4.48. The molecule has 0 saturated heterocycles. The normalized spacial score (nSPS) is 11.0. The van der Waals surface area contributed by atoms with Crippen LogP contribution in [0, 0.1) is 6.92 Å². The molecular weight excluding hydrogens is 272 g/mol. The molecule has 2 N–H and O–H groups in total. The number of para-hydroxylation sites is 1. The van der Waals surface area contributed by atoms with Crippen molar-refractivity contribution >= 4 is 39.0 Å². The zero-order chi connectivity index (χ0) is 13.2. The first-order chi connectivity index (χ1) is 9.24. The maximum atomic E-state index is 5.92. The Morgan fingerprint density at radius 3 is 2.84 bits per heavy atom. The van der Waals surface area contributed by atoms with Gasteiger partial charge in [-0.3, -0.25) is 0 Å². The summed E-state index contributed by atoms with van der Waals surface area (Å²) in [4.78, 5) is 5.88. The lowest BCUT2D eigenvalue weighted by atomic mass is 10.2. The number of nitrogens with two attached hydrogens (primary N) is 1. The molecule has 3 rings (SSSR count). The van der Waals surface area contributed by atoms with E-state index in [2.05, 4.69) is 36.2 Å². The Morgan fingerprint density at radius 2 is 2.00 bits per heavy atom. The zero-order valence-electron chi connectivity index (χ0n) is 10.6. The average Bonchev–Trinajstić information content (AvgIpc) is 2.83. The van der Waals surface area contributed by atoms with Crippen LogP contribution in [0.5, 0.6) is 0 Å². The van der Waals surface area contributed by atoms with Crippen LogP contribution in [-0.2, 0) is 5.75 Å². The van der Waals surface area contributed by atoms with Crippen molar-refractivity contribution in [2.75, 3.05) is 5.73 Å². The maximum Gasteiger partial charge on any atom is 0.104 e. The van der Waals surface area contributed by atoms with E-state index >= 15 is 0 Å². The van der Waals surface area contributed by atoms with Gasteiger partial charge >= 0.3 is 0 Å². The fourth-order valence-corrected chi connectivity index (χ4v) is 3.94. The molecule has 0 unspecified atom stereocenters. The van der Waals surface area contributed by atoms with Gasteiger partial charge in [-0.25, -0.2) is 4.98 Å². The average molecular weight is 286 g/mol. The lowest BCUT2D eigenvalue weighted by molar-refractivity contribution is 1.27. The smallest absolute Gasteiger partial charge is 0.104 e. The van der Waals surface area contributed by atoms with Crippen molar-refractivity contribution in [2.45, 2.75) is 17.6 Å². The third kappa shape index (κ3) is 2.60. The van der Waals surface area contributed by atoms with E-state index in [0.717, 1.165) is 27.5 Å². The third-order valence-electron chi connectivity index (χ3n) is 3.02. The van der Waals surface area contributed by atoms with Crippen LogP contribution < -0.4 is 5.73 Å². The van der Waals surface area contributed by atoms with Crippen LogP contribution in [0.15, 0.2) is 47.4 Å². The summed E-state index contributed by atoms with van der Waals surface area (Å²) in [5.74, 6) is 0.893. The first-order valence-corrected chi connectivity index (χ1v) is 7.86. The lowest BCUT2D eigenvalue weighted by Gasteiger charge is -2.06. The van der Waals surface area contributed by atoms with Gasteiger partial charge in [0, 0.05) is 10.6 Å². The summed E-state index contributed by atoms with van der Waals surface area (Å²) in [6, 6.07) is 14.3. The van der Waals surface area contributed by atoms with Crippen LogP contribution in [0.3, 0.4) is 0 Å². The van der Waals surface area contributed by atoms with E-state index in [9.17, 15) is 0 Å². The van der Waals surface area contributed by atoms with Crippen molar-refractivity contribution in [3.05, 3.63) is 53.0 Å². The van der Waals surface area contributed by atoms with Gasteiger partial charge in [0.15, 0.2) is 0 Å². The minimum atomic E-state index is 0.856. The van der Waals surface area contributed by atoms with Crippen LogP contribution in [0.25, 0.3) is 10.2 Å². The van der Waals surface area contributed by atoms with Crippen molar-refractivity contribution < 1.29 is 0 Å². The second-order valence-corrected chi connectivity index (χ2v) is 6.47. The summed E-state index contributed by atoms with van der Waals surface area (Å²) in [5, 5.41) is 1.16. The number of benzene rings is 2. The number of aromatic nitrogens is 1. The van der Waals surface area contributed by atoms with Gasteiger partial charge in [-0.05, 0) is 36.8 Å². The molecule has 2 nitrogen and oxygen atoms in total. The Balaban J connectivity index is 1.80. The number of hydrogen-bond donors (Lipinski definition) is 1. The van der Waals surface area contributed by atoms with Crippen LogP contribution >= 0.6 is 23.1 Å². The molecule has 3 aromatic rings. The molecule has 96 valence electrons. The first kappa shape index (κ1) is 12.5. The molecule has 0 fully saturated rings. The molecule has 1 heterocycles. The molecule has 0 bridgehead atoms. The highest BCUT2D eigenvalue weighted by Gasteiger charge is 2.06. The minimum Gasteiger partial charge on any atom is -0.398 e. The van der Waals surface area contributed by atoms with E-state index in [1.807, 2.05) is 18.2 Å². The first-order valence-electron chi connectivity index (χ1n) is 6.06. The maximum absolute atomic E-state index is 5.92. The molecule has 2 aromatic carbocycles. The Labute approximate surface area is 120 Å². The SMILES string of the molecule is Cc1c(N)cccc1SCc1nc2ccccc2s1. The fourth-order valence-electron chi connectivity index (χ4n) is 1.91. The standard InChI is InChI=1S/C15H14N2S2/c1-10-11(16)5-4-8-13(10)18-9-15-17-12-6-2-3-7-14(12)19-15/h2-8H,9,16H2,1H3. The van der Waals surface area contributed by atoms with Gasteiger partial charge in [-0.2, -0.15) is 0 Å². The van der Waals surface area contributed by atoms with E-state index in [1.54, 1.807) is 23.1 Å². The number of nitrogens with zero attached hydrogens (tertiary/aromatic N) is 1. The number of nitrogen functional groups attached to an aromatic ring is 1. The van der Waals surface area contributed by atoms with Crippen LogP contribution in [0.4, 0.5) is 5.69 Å². The minimum absolute atomic E-state index is 0.856. The van der Waals surface area contributed by atoms with E-state index in [0.29, 0.717) is 0 Å². The van der Waals surface area contributed by atoms with Crippen LogP contribution in [-0.4, -0.2) is 4.98 Å². The van der Waals surface area contributed by atoms with Gasteiger partial charge in [0.1, 0.15) is 5.01 Å². The molecule has 0 aliphatic carbocycles. The lowest BCUT2D eigenvalue weighted by Crippen LogP contribution is -1.91. The van der Waals surface area contributed by atoms with Gasteiger partial charge in [-0.1, -0.05) is 18.2 Å². The molecule has 0 saturated carbocycles. The molecule has 4 heteroatoms. The van der Waals surface area contributed by atoms with Gasteiger partial charge in [0.2, 0.25) is 0 Å². The Kier molecular flexibility index (Phi) is 3.44. The summed E-state index contributed by atoms with van der Waals surface area (Å²) in [7, 11) is 0. The summed E-state index contributed by atoms with van der Waals surface area (Å²) < 4.78 is 1.25. The molecule has 0 aliphatic heterocycles. The van der Waals surface area contributed by atoms with Crippen molar-refractivity contribution in [1.29, 1.82) is 0 Å². The zero-order valence-corrected chi connectivity index (χ0v) is 12.2. The monoisotopic (exact) mass is 286 g/mol. The second-order valence-electron chi connectivity index (χ2n) is 4.33. The molecule has 0 amide bonds. The largest absolute Gasteiger partial charge is 0.398 e. The molecule has 0 spiro atoms. The fraction of sp³-hybridized carbons (Fsp3) is 0.133. The Hall–Kier alpha value is -1.52. The number of anilines is 1. The summed E-state index contributed by atoms with van der Waals surface area (Å²) >= 11 is 3.56. The molecular formula is C15H14N2S2.